The van der Waals surface area contributed by atoms with E-state index in [9.17, 15) is 4.79 Å². The van der Waals surface area contributed by atoms with Crippen molar-refractivity contribution in [2.75, 3.05) is 26.6 Å². The van der Waals surface area contributed by atoms with Gasteiger partial charge >= 0.3 is 0 Å². The Labute approximate surface area is 156 Å². The zero-order chi connectivity index (χ0) is 19.4. The Hall–Kier alpha value is -3.55. The highest BCUT2D eigenvalue weighted by molar-refractivity contribution is 6.04. The molecule has 1 N–H and O–H groups in total. The van der Waals surface area contributed by atoms with Crippen molar-refractivity contribution in [1.29, 1.82) is 0 Å². The molecule has 0 spiro atoms. The topological polar surface area (TPSA) is 87.5 Å². The largest absolute Gasteiger partial charge is 0.497 e. The first-order valence-electron chi connectivity index (χ1n) is 8.17. The lowest BCUT2D eigenvalue weighted by atomic mass is 10.2. The molecule has 2 aromatic carbocycles. The highest BCUT2D eigenvalue weighted by Gasteiger charge is 2.19. The molecule has 0 aliphatic heterocycles. The maximum atomic E-state index is 12.7. The summed E-state index contributed by atoms with van der Waals surface area (Å²) in [6.07, 6.45) is 0. The average molecular weight is 368 g/mol. The molecule has 8 heteroatoms. The number of carbonyl (C=O) groups is 1. The van der Waals surface area contributed by atoms with Crippen LogP contribution in [0.2, 0.25) is 0 Å². The Morgan fingerprint density at radius 3 is 2.44 bits per heavy atom. The highest BCUT2D eigenvalue weighted by Crippen LogP contribution is 2.29. The lowest BCUT2D eigenvalue weighted by Gasteiger charge is -2.11. The van der Waals surface area contributed by atoms with Gasteiger partial charge in [0, 0.05) is 12.1 Å². The number of hydrogen-bond donors (Lipinski definition) is 1. The molecular formula is C19H20N4O4. The first kappa shape index (κ1) is 18.2. The minimum atomic E-state index is -0.384. The van der Waals surface area contributed by atoms with E-state index in [0.717, 1.165) is 5.69 Å². The minimum absolute atomic E-state index is 0.218. The number of ether oxygens (including phenoxy) is 3. The number of benzene rings is 2. The van der Waals surface area contributed by atoms with Crippen LogP contribution in [0.25, 0.3) is 5.69 Å². The molecule has 0 unspecified atom stereocenters. The number of amides is 1. The molecular weight excluding hydrogens is 348 g/mol. The molecule has 0 fully saturated rings. The fourth-order valence-corrected chi connectivity index (χ4v) is 2.61. The molecule has 0 atom stereocenters. The summed E-state index contributed by atoms with van der Waals surface area (Å²) >= 11 is 0. The maximum absolute atomic E-state index is 12.7. The van der Waals surface area contributed by atoms with E-state index in [-0.39, 0.29) is 11.6 Å². The van der Waals surface area contributed by atoms with Gasteiger partial charge in [0.25, 0.3) is 5.91 Å². The number of nitrogens with zero attached hydrogens (tertiary/aromatic N) is 3. The Morgan fingerprint density at radius 2 is 1.74 bits per heavy atom. The van der Waals surface area contributed by atoms with E-state index >= 15 is 0 Å². The van der Waals surface area contributed by atoms with Crippen molar-refractivity contribution < 1.29 is 19.0 Å². The third-order valence-electron chi connectivity index (χ3n) is 4.06. The van der Waals surface area contributed by atoms with Crippen LogP contribution in [0.5, 0.6) is 17.2 Å². The summed E-state index contributed by atoms with van der Waals surface area (Å²) < 4.78 is 17.3. The molecule has 0 bridgehead atoms. The van der Waals surface area contributed by atoms with Gasteiger partial charge in [-0.15, -0.1) is 5.10 Å². The van der Waals surface area contributed by atoms with Crippen molar-refractivity contribution in [3.63, 3.8) is 0 Å². The Kier molecular flexibility index (Phi) is 5.25. The van der Waals surface area contributed by atoms with E-state index in [1.54, 1.807) is 44.0 Å². The lowest BCUT2D eigenvalue weighted by molar-refractivity contribution is 0.102. The summed E-state index contributed by atoms with van der Waals surface area (Å²) in [7, 11) is 4.68. The normalized spacial score (nSPS) is 10.4. The predicted octanol–water partition coefficient (Wildman–Crippen LogP) is 2.85. The van der Waals surface area contributed by atoms with Crippen LogP contribution in [-0.4, -0.2) is 42.2 Å². The van der Waals surface area contributed by atoms with Crippen molar-refractivity contribution in [2.45, 2.75) is 6.92 Å². The van der Waals surface area contributed by atoms with Crippen molar-refractivity contribution in [1.82, 2.24) is 15.0 Å². The molecule has 1 heterocycles. The summed E-state index contributed by atoms with van der Waals surface area (Å²) in [6.45, 7) is 1.78. The lowest BCUT2D eigenvalue weighted by Crippen LogP contribution is -2.15. The van der Waals surface area contributed by atoms with E-state index < -0.39 is 0 Å². The zero-order valence-electron chi connectivity index (χ0n) is 15.5. The quantitative estimate of drug-likeness (QED) is 0.720. The van der Waals surface area contributed by atoms with Gasteiger partial charge in [-0.2, -0.15) is 0 Å². The number of aromatic nitrogens is 3. The van der Waals surface area contributed by atoms with Gasteiger partial charge in [-0.1, -0.05) is 11.3 Å². The van der Waals surface area contributed by atoms with Gasteiger partial charge in [0.2, 0.25) is 0 Å². The van der Waals surface area contributed by atoms with Gasteiger partial charge in [0.05, 0.1) is 38.4 Å². The van der Waals surface area contributed by atoms with Gasteiger partial charge < -0.3 is 19.5 Å². The van der Waals surface area contributed by atoms with E-state index in [1.165, 1.54) is 7.11 Å². The second-order valence-corrected chi connectivity index (χ2v) is 5.66. The summed E-state index contributed by atoms with van der Waals surface area (Å²) in [5.41, 5.74) is 2.09. The molecule has 8 nitrogen and oxygen atoms in total. The average Bonchev–Trinajstić information content (AvgIpc) is 3.09. The molecule has 140 valence electrons. The first-order chi connectivity index (χ1) is 13.1. The molecule has 0 radical (unpaired) electrons. The van der Waals surface area contributed by atoms with Crippen LogP contribution in [0, 0.1) is 6.92 Å². The molecule has 1 aromatic heterocycles. The number of nitrogens with one attached hydrogen (secondary N) is 1. The number of methoxy groups -OCH3 is 3. The van der Waals surface area contributed by atoms with Crippen LogP contribution in [0.1, 0.15) is 16.2 Å². The number of hydrogen-bond acceptors (Lipinski definition) is 6. The second-order valence-electron chi connectivity index (χ2n) is 5.66. The first-order valence-corrected chi connectivity index (χ1v) is 8.17. The predicted molar refractivity (Wildman–Crippen MR) is 100 cm³/mol. The van der Waals surface area contributed by atoms with Gasteiger partial charge in [-0.3, -0.25) is 4.79 Å². The zero-order valence-corrected chi connectivity index (χ0v) is 15.5. The van der Waals surface area contributed by atoms with E-state index in [0.29, 0.717) is 28.6 Å². The molecule has 0 aliphatic carbocycles. The molecule has 0 aliphatic rings. The molecule has 1 amide bonds. The number of rotatable bonds is 6. The van der Waals surface area contributed by atoms with Crippen LogP contribution >= 0.6 is 0 Å². The molecule has 3 rings (SSSR count). The SMILES string of the molecule is COc1cccc(-n2nnc(C(=O)Nc3ccc(OC)cc3OC)c2C)c1. The smallest absolute Gasteiger partial charge is 0.278 e. The second kappa shape index (κ2) is 7.77. The fourth-order valence-electron chi connectivity index (χ4n) is 2.61. The summed E-state index contributed by atoms with van der Waals surface area (Å²) in [6, 6.07) is 12.5. The van der Waals surface area contributed by atoms with Crippen molar-refractivity contribution >= 4 is 11.6 Å². The van der Waals surface area contributed by atoms with Crippen LogP contribution in [0.3, 0.4) is 0 Å². The molecule has 0 saturated carbocycles. The van der Waals surface area contributed by atoms with E-state index in [1.807, 2.05) is 24.3 Å². The van der Waals surface area contributed by atoms with Gasteiger partial charge in [0.15, 0.2) is 5.69 Å². The number of carbonyl (C=O) groups excluding carboxylic acids is 1. The van der Waals surface area contributed by atoms with Crippen LogP contribution in [0.15, 0.2) is 42.5 Å². The fraction of sp³-hybridized carbons (Fsp3) is 0.211. The third kappa shape index (κ3) is 3.69. The third-order valence-corrected chi connectivity index (χ3v) is 4.06. The van der Waals surface area contributed by atoms with Gasteiger partial charge in [0.1, 0.15) is 17.2 Å². The van der Waals surface area contributed by atoms with Crippen molar-refractivity contribution in [3.8, 4) is 22.9 Å². The number of anilines is 1. The Morgan fingerprint density at radius 1 is 1.00 bits per heavy atom. The van der Waals surface area contributed by atoms with Crippen molar-refractivity contribution in [3.05, 3.63) is 53.9 Å². The highest BCUT2D eigenvalue weighted by atomic mass is 16.5. The van der Waals surface area contributed by atoms with Crippen LogP contribution < -0.4 is 19.5 Å². The Balaban J connectivity index is 1.87. The summed E-state index contributed by atoms with van der Waals surface area (Å²) in [5, 5.41) is 10.9. The van der Waals surface area contributed by atoms with E-state index in [4.69, 9.17) is 14.2 Å². The van der Waals surface area contributed by atoms with Crippen LogP contribution in [0.4, 0.5) is 5.69 Å². The molecule has 27 heavy (non-hydrogen) atoms. The molecule has 0 saturated heterocycles. The van der Waals surface area contributed by atoms with Crippen molar-refractivity contribution in [2.24, 2.45) is 0 Å². The van der Waals surface area contributed by atoms with E-state index in [2.05, 4.69) is 15.6 Å². The maximum Gasteiger partial charge on any atom is 0.278 e. The standard InChI is InChI=1S/C19H20N4O4/c1-12-18(21-22-23(12)13-6-5-7-14(10-13)25-2)19(24)20-16-9-8-15(26-3)11-17(16)27-4/h5-11H,1-4H3,(H,20,24). The van der Waals surface area contributed by atoms with Gasteiger partial charge in [-0.25, -0.2) is 4.68 Å². The monoisotopic (exact) mass is 368 g/mol. The minimum Gasteiger partial charge on any atom is -0.497 e. The summed E-state index contributed by atoms with van der Waals surface area (Å²) in [5.74, 6) is 1.42. The van der Waals surface area contributed by atoms with Crippen LogP contribution in [-0.2, 0) is 0 Å². The summed E-state index contributed by atoms with van der Waals surface area (Å²) in [4.78, 5) is 12.7. The molecule has 3 aromatic rings. The van der Waals surface area contributed by atoms with Gasteiger partial charge in [-0.05, 0) is 31.2 Å². The Bertz CT molecular complexity index is 968.